The fourth-order valence-corrected chi connectivity index (χ4v) is 3.34. The number of nitriles is 1. The van der Waals surface area contributed by atoms with Crippen LogP contribution in [0.5, 0.6) is 5.75 Å². The van der Waals surface area contributed by atoms with Gasteiger partial charge in [-0.25, -0.2) is 0 Å². The van der Waals surface area contributed by atoms with Crippen molar-refractivity contribution in [1.29, 1.82) is 5.26 Å². The van der Waals surface area contributed by atoms with Gasteiger partial charge in [0.25, 0.3) is 11.8 Å². The molecule has 0 aliphatic rings. The molecule has 0 aliphatic heterocycles. The molecule has 0 radical (unpaired) electrons. The van der Waals surface area contributed by atoms with Crippen LogP contribution in [-0.2, 0) is 9.59 Å². The van der Waals surface area contributed by atoms with E-state index >= 15 is 0 Å². The Morgan fingerprint density at radius 1 is 0.971 bits per heavy atom. The fourth-order valence-electron chi connectivity index (χ4n) is 3.04. The van der Waals surface area contributed by atoms with E-state index in [2.05, 4.69) is 10.6 Å². The van der Waals surface area contributed by atoms with E-state index in [4.69, 9.17) is 27.9 Å². The molecule has 0 bridgehead atoms. The predicted octanol–water partition coefficient (Wildman–Crippen LogP) is 6.17. The van der Waals surface area contributed by atoms with Gasteiger partial charge in [0.05, 0.1) is 10.0 Å². The smallest absolute Gasteiger partial charge is 0.266 e. The number of aryl methyl sites for hydroxylation is 2. The molecule has 0 unspecified atom stereocenters. The summed E-state index contributed by atoms with van der Waals surface area (Å²) in [5.74, 6) is -0.398. The van der Waals surface area contributed by atoms with Crippen molar-refractivity contribution in [2.45, 2.75) is 13.8 Å². The lowest BCUT2D eigenvalue weighted by atomic mass is 10.1. The van der Waals surface area contributed by atoms with Crippen LogP contribution in [0.2, 0.25) is 10.0 Å². The Hall–Kier alpha value is -3.79. The van der Waals surface area contributed by atoms with Crippen LogP contribution >= 0.6 is 23.2 Å². The van der Waals surface area contributed by atoms with Crippen molar-refractivity contribution in [2.75, 3.05) is 17.2 Å². The molecule has 0 aliphatic carbocycles. The molecule has 34 heavy (non-hydrogen) atoms. The minimum absolute atomic E-state index is 0.0327. The molecular weight excluding hydrogens is 473 g/mol. The second-order valence-corrected chi connectivity index (χ2v) is 8.29. The maximum atomic E-state index is 12.5. The average Bonchev–Trinajstić information content (AvgIpc) is 2.81. The number of carbonyl (C=O) groups excluding carboxylic acids is 2. The Morgan fingerprint density at radius 3 is 2.35 bits per heavy atom. The number of rotatable bonds is 7. The minimum atomic E-state index is -0.492. The summed E-state index contributed by atoms with van der Waals surface area (Å²) in [5, 5.41) is 15.6. The molecule has 0 saturated carbocycles. The van der Waals surface area contributed by atoms with Crippen LogP contribution in [0.4, 0.5) is 11.4 Å². The molecule has 172 valence electrons. The molecule has 3 rings (SSSR count). The highest BCUT2D eigenvalue weighted by Gasteiger charge is 2.11. The fraction of sp³-hybridized carbons (Fsp3) is 0.115. The third-order valence-electron chi connectivity index (χ3n) is 4.76. The molecular formula is C26H21Cl2N3O3. The van der Waals surface area contributed by atoms with Crippen LogP contribution in [0.1, 0.15) is 16.7 Å². The number of nitrogens with zero attached hydrogens (tertiary/aromatic N) is 1. The van der Waals surface area contributed by atoms with Gasteiger partial charge >= 0.3 is 0 Å². The summed E-state index contributed by atoms with van der Waals surface area (Å²) in [6.07, 6.45) is 1.49. The molecule has 2 N–H and O–H groups in total. The molecule has 3 aromatic rings. The van der Waals surface area contributed by atoms with Crippen molar-refractivity contribution >= 4 is 52.5 Å². The Morgan fingerprint density at radius 2 is 1.71 bits per heavy atom. The highest BCUT2D eigenvalue weighted by Crippen LogP contribution is 2.25. The highest BCUT2D eigenvalue weighted by molar-refractivity contribution is 6.42. The van der Waals surface area contributed by atoms with Crippen LogP contribution in [0.15, 0.2) is 66.2 Å². The van der Waals surface area contributed by atoms with Crippen molar-refractivity contribution < 1.29 is 14.3 Å². The molecule has 6 nitrogen and oxygen atoms in total. The summed E-state index contributed by atoms with van der Waals surface area (Å²) >= 11 is 11.8. The Kier molecular flexibility index (Phi) is 8.31. The van der Waals surface area contributed by atoms with E-state index in [0.717, 1.165) is 11.1 Å². The first-order valence-corrected chi connectivity index (χ1v) is 11.0. The van der Waals surface area contributed by atoms with Crippen molar-refractivity contribution in [1.82, 2.24) is 0 Å². The van der Waals surface area contributed by atoms with Crippen molar-refractivity contribution in [2.24, 2.45) is 0 Å². The number of benzene rings is 3. The number of halogens is 2. The second-order valence-electron chi connectivity index (χ2n) is 7.48. The quantitative estimate of drug-likeness (QED) is 0.304. The highest BCUT2D eigenvalue weighted by atomic mass is 35.5. The zero-order valence-electron chi connectivity index (χ0n) is 18.5. The van der Waals surface area contributed by atoms with E-state index in [1.165, 1.54) is 6.08 Å². The largest absolute Gasteiger partial charge is 0.484 e. The average molecular weight is 494 g/mol. The van der Waals surface area contributed by atoms with Crippen molar-refractivity contribution in [3.63, 3.8) is 0 Å². The number of nitrogens with one attached hydrogen (secondary N) is 2. The molecule has 2 amide bonds. The van der Waals surface area contributed by atoms with Gasteiger partial charge in [0.2, 0.25) is 0 Å². The van der Waals surface area contributed by atoms with Gasteiger partial charge in [0.1, 0.15) is 17.4 Å². The normalized spacial score (nSPS) is 10.9. The van der Waals surface area contributed by atoms with E-state index in [1.807, 2.05) is 32.0 Å². The monoisotopic (exact) mass is 493 g/mol. The molecule has 0 heterocycles. The topological polar surface area (TPSA) is 91.2 Å². The lowest BCUT2D eigenvalue weighted by Gasteiger charge is -2.09. The predicted molar refractivity (Wildman–Crippen MR) is 135 cm³/mol. The standard InChI is InChI=1S/C26H21Cl2N3O3/c1-16-3-10-24(17(2)11-16)31-26(33)19(14-29)12-18-4-7-21(8-5-18)34-15-25(32)30-20-6-9-22(27)23(28)13-20/h3-13H,15H2,1-2H3,(H,30,32)(H,31,33)/b19-12+. The number of ether oxygens (including phenoxy) is 1. The molecule has 0 spiro atoms. The van der Waals surface area contributed by atoms with Gasteiger partial charge in [-0.15, -0.1) is 0 Å². The summed E-state index contributed by atoms with van der Waals surface area (Å²) in [5.41, 5.74) is 3.76. The minimum Gasteiger partial charge on any atom is -0.484 e. The van der Waals surface area contributed by atoms with Gasteiger partial charge in [-0.05, 0) is 67.4 Å². The van der Waals surface area contributed by atoms with E-state index in [9.17, 15) is 14.9 Å². The van der Waals surface area contributed by atoms with E-state index in [1.54, 1.807) is 48.5 Å². The van der Waals surface area contributed by atoms with Gasteiger partial charge in [-0.3, -0.25) is 9.59 Å². The zero-order chi connectivity index (χ0) is 24.7. The molecule has 0 aromatic heterocycles. The van der Waals surface area contributed by atoms with Gasteiger partial charge in [0, 0.05) is 11.4 Å². The SMILES string of the molecule is Cc1ccc(NC(=O)/C(C#N)=C/c2ccc(OCC(=O)Nc3ccc(Cl)c(Cl)c3)cc2)c(C)c1. The first-order chi connectivity index (χ1) is 16.2. The third kappa shape index (κ3) is 6.85. The van der Waals surface area contributed by atoms with E-state index < -0.39 is 5.91 Å². The molecule has 0 atom stereocenters. The Bertz CT molecular complexity index is 1300. The van der Waals surface area contributed by atoms with Crippen LogP contribution in [-0.4, -0.2) is 18.4 Å². The van der Waals surface area contributed by atoms with Crippen LogP contribution in [0.3, 0.4) is 0 Å². The third-order valence-corrected chi connectivity index (χ3v) is 5.50. The van der Waals surface area contributed by atoms with E-state index in [-0.39, 0.29) is 18.1 Å². The van der Waals surface area contributed by atoms with Gasteiger partial charge in [-0.1, -0.05) is 53.0 Å². The van der Waals surface area contributed by atoms with Gasteiger partial charge < -0.3 is 15.4 Å². The lowest BCUT2D eigenvalue weighted by Crippen LogP contribution is -2.20. The summed E-state index contributed by atoms with van der Waals surface area (Å²) in [6.45, 7) is 3.65. The summed E-state index contributed by atoms with van der Waals surface area (Å²) in [6, 6.07) is 19.0. The maximum absolute atomic E-state index is 12.5. The van der Waals surface area contributed by atoms with Crippen LogP contribution in [0.25, 0.3) is 6.08 Å². The summed E-state index contributed by atoms with van der Waals surface area (Å²) in [7, 11) is 0. The first kappa shape index (κ1) is 24.8. The molecule has 8 heteroatoms. The maximum Gasteiger partial charge on any atom is 0.266 e. The molecule has 3 aromatic carbocycles. The van der Waals surface area contributed by atoms with Crippen molar-refractivity contribution in [3.05, 3.63) is 93.0 Å². The zero-order valence-corrected chi connectivity index (χ0v) is 20.0. The number of anilines is 2. The number of hydrogen-bond acceptors (Lipinski definition) is 4. The summed E-state index contributed by atoms with van der Waals surface area (Å²) < 4.78 is 5.49. The van der Waals surface area contributed by atoms with Crippen LogP contribution in [0, 0.1) is 25.2 Å². The first-order valence-electron chi connectivity index (χ1n) is 10.2. The lowest BCUT2D eigenvalue weighted by molar-refractivity contribution is -0.118. The Balaban J connectivity index is 1.58. The van der Waals surface area contributed by atoms with Crippen LogP contribution < -0.4 is 15.4 Å². The number of carbonyl (C=O) groups is 2. The van der Waals surface area contributed by atoms with E-state index in [0.29, 0.717) is 32.7 Å². The molecule has 0 saturated heterocycles. The van der Waals surface area contributed by atoms with Crippen molar-refractivity contribution in [3.8, 4) is 11.8 Å². The number of hydrogen-bond donors (Lipinski definition) is 2. The Labute approximate surface area is 207 Å². The van der Waals surface area contributed by atoms with Gasteiger partial charge in [0.15, 0.2) is 6.61 Å². The number of amides is 2. The van der Waals surface area contributed by atoms with Gasteiger partial charge in [-0.2, -0.15) is 5.26 Å². The second kappa shape index (κ2) is 11.4. The summed E-state index contributed by atoms with van der Waals surface area (Å²) in [4.78, 5) is 24.6. The molecule has 0 fully saturated rings.